The maximum Gasteiger partial charge on any atom is 0.238 e. The quantitative estimate of drug-likeness (QED) is 0.623. The first-order valence-electron chi connectivity index (χ1n) is 10.4. The van der Waals surface area contributed by atoms with E-state index in [0.29, 0.717) is 6.54 Å². The van der Waals surface area contributed by atoms with Crippen molar-refractivity contribution in [2.45, 2.75) is 0 Å². The fourth-order valence-electron chi connectivity index (χ4n) is 3.67. The van der Waals surface area contributed by atoms with Gasteiger partial charge in [-0.15, -0.1) is 0 Å². The standard InChI is InChI=1S/C25H27N3O3/c1-30-24-10-6-5-9-23(24)28-17-15-27(16-18-28)19-25(29)26-20-11-13-22(14-12-20)31-21-7-3-2-4-8-21/h2-14H,15-19H2,1H3,(H,26,29). The summed E-state index contributed by atoms with van der Waals surface area (Å²) < 4.78 is 11.3. The molecule has 1 aliphatic heterocycles. The van der Waals surface area contributed by atoms with Crippen molar-refractivity contribution >= 4 is 17.3 Å². The van der Waals surface area contributed by atoms with Crippen molar-refractivity contribution in [1.82, 2.24) is 4.90 Å². The van der Waals surface area contributed by atoms with Crippen molar-refractivity contribution in [1.29, 1.82) is 0 Å². The number of ether oxygens (including phenoxy) is 2. The Bertz CT molecular complexity index is 984. The number of anilines is 2. The fourth-order valence-corrected chi connectivity index (χ4v) is 3.67. The van der Waals surface area contributed by atoms with E-state index in [0.717, 1.165) is 54.8 Å². The number of piperazine rings is 1. The van der Waals surface area contributed by atoms with Crippen LogP contribution in [0.2, 0.25) is 0 Å². The number of rotatable bonds is 7. The van der Waals surface area contributed by atoms with E-state index in [1.165, 1.54) is 0 Å². The van der Waals surface area contributed by atoms with E-state index in [-0.39, 0.29) is 5.91 Å². The predicted molar refractivity (Wildman–Crippen MR) is 123 cm³/mol. The highest BCUT2D eigenvalue weighted by Crippen LogP contribution is 2.28. The fraction of sp³-hybridized carbons (Fsp3) is 0.240. The maximum atomic E-state index is 12.5. The zero-order valence-electron chi connectivity index (χ0n) is 17.7. The van der Waals surface area contributed by atoms with Crippen molar-refractivity contribution in [3.63, 3.8) is 0 Å². The van der Waals surface area contributed by atoms with Gasteiger partial charge < -0.3 is 19.7 Å². The molecule has 1 fully saturated rings. The predicted octanol–water partition coefficient (Wildman–Crippen LogP) is 4.25. The summed E-state index contributed by atoms with van der Waals surface area (Å²) in [5, 5.41) is 2.97. The third-order valence-electron chi connectivity index (χ3n) is 5.28. The summed E-state index contributed by atoms with van der Waals surface area (Å²) in [6.45, 7) is 3.75. The largest absolute Gasteiger partial charge is 0.495 e. The summed E-state index contributed by atoms with van der Waals surface area (Å²) in [4.78, 5) is 17.0. The maximum absolute atomic E-state index is 12.5. The molecule has 160 valence electrons. The highest BCUT2D eigenvalue weighted by Gasteiger charge is 2.21. The van der Waals surface area contributed by atoms with Crippen LogP contribution in [0.15, 0.2) is 78.9 Å². The van der Waals surface area contributed by atoms with Crippen LogP contribution in [-0.4, -0.2) is 50.6 Å². The molecule has 0 aliphatic carbocycles. The van der Waals surface area contributed by atoms with Gasteiger partial charge in [0.1, 0.15) is 17.2 Å². The van der Waals surface area contributed by atoms with Crippen molar-refractivity contribution in [2.24, 2.45) is 0 Å². The molecule has 1 heterocycles. The zero-order valence-corrected chi connectivity index (χ0v) is 17.7. The molecule has 3 aromatic carbocycles. The minimum atomic E-state index is -0.0116. The normalized spacial score (nSPS) is 14.2. The number of hydrogen-bond acceptors (Lipinski definition) is 5. The minimum Gasteiger partial charge on any atom is -0.495 e. The Hall–Kier alpha value is -3.51. The molecule has 0 bridgehead atoms. The number of hydrogen-bond donors (Lipinski definition) is 1. The van der Waals surface area contributed by atoms with Gasteiger partial charge in [0, 0.05) is 31.9 Å². The number of nitrogens with one attached hydrogen (secondary N) is 1. The molecule has 0 saturated carbocycles. The van der Waals surface area contributed by atoms with Gasteiger partial charge in [0.05, 0.1) is 19.3 Å². The molecule has 3 aromatic rings. The number of benzene rings is 3. The van der Waals surface area contributed by atoms with E-state index in [1.54, 1.807) is 7.11 Å². The van der Waals surface area contributed by atoms with Gasteiger partial charge >= 0.3 is 0 Å². The molecule has 6 heteroatoms. The van der Waals surface area contributed by atoms with Crippen molar-refractivity contribution in [3.05, 3.63) is 78.9 Å². The summed E-state index contributed by atoms with van der Waals surface area (Å²) in [6, 6.07) is 25.1. The summed E-state index contributed by atoms with van der Waals surface area (Å²) in [6.07, 6.45) is 0. The lowest BCUT2D eigenvalue weighted by molar-refractivity contribution is -0.117. The van der Waals surface area contributed by atoms with Crippen molar-refractivity contribution in [2.75, 3.05) is 50.1 Å². The molecule has 1 aliphatic rings. The lowest BCUT2D eigenvalue weighted by Gasteiger charge is -2.36. The van der Waals surface area contributed by atoms with Crippen LogP contribution in [0.1, 0.15) is 0 Å². The van der Waals surface area contributed by atoms with Gasteiger partial charge in [-0.2, -0.15) is 0 Å². The smallest absolute Gasteiger partial charge is 0.238 e. The molecule has 0 aromatic heterocycles. The van der Waals surface area contributed by atoms with Crippen LogP contribution in [0.4, 0.5) is 11.4 Å². The van der Waals surface area contributed by atoms with E-state index in [9.17, 15) is 4.79 Å². The average molecular weight is 418 g/mol. The van der Waals surface area contributed by atoms with Crippen LogP contribution in [0.3, 0.4) is 0 Å². The summed E-state index contributed by atoms with van der Waals surface area (Å²) in [5.41, 5.74) is 1.87. The first-order valence-corrected chi connectivity index (χ1v) is 10.4. The van der Waals surface area contributed by atoms with Gasteiger partial charge in [0.2, 0.25) is 5.91 Å². The number of carbonyl (C=O) groups excluding carboxylic acids is 1. The first-order chi connectivity index (χ1) is 15.2. The highest BCUT2D eigenvalue weighted by atomic mass is 16.5. The van der Waals surface area contributed by atoms with Crippen LogP contribution >= 0.6 is 0 Å². The van der Waals surface area contributed by atoms with Crippen LogP contribution in [0.5, 0.6) is 17.2 Å². The lowest BCUT2D eigenvalue weighted by Crippen LogP contribution is -2.48. The highest BCUT2D eigenvalue weighted by molar-refractivity contribution is 5.92. The molecule has 0 unspecified atom stereocenters. The van der Waals surface area contributed by atoms with E-state index in [1.807, 2.05) is 72.8 Å². The van der Waals surface area contributed by atoms with Crippen LogP contribution in [-0.2, 0) is 4.79 Å². The van der Waals surface area contributed by atoms with E-state index in [2.05, 4.69) is 21.2 Å². The molecular formula is C25H27N3O3. The third-order valence-corrected chi connectivity index (χ3v) is 5.28. The Morgan fingerprint density at radius 2 is 1.48 bits per heavy atom. The van der Waals surface area contributed by atoms with Crippen LogP contribution < -0.4 is 19.7 Å². The van der Waals surface area contributed by atoms with Gasteiger partial charge in [0.25, 0.3) is 0 Å². The SMILES string of the molecule is COc1ccccc1N1CCN(CC(=O)Nc2ccc(Oc3ccccc3)cc2)CC1. The van der Waals surface area contributed by atoms with E-state index >= 15 is 0 Å². The number of nitrogens with zero attached hydrogens (tertiary/aromatic N) is 2. The Balaban J connectivity index is 1.25. The summed E-state index contributed by atoms with van der Waals surface area (Å²) in [7, 11) is 1.69. The van der Waals surface area contributed by atoms with E-state index in [4.69, 9.17) is 9.47 Å². The number of methoxy groups -OCH3 is 1. The van der Waals surface area contributed by atoms with Gasteiger partial charge in [-0.1, -0.05) is 30.3 Å². The Kier molecular flexibility index (Phi) is 6.69. The monoisotopic (exact) mass is 417 g/mol. The number of amides is 1. The van der Waals surface area contributed by atoms with Gasteiger partial charge in [0.15, 0.2) is 0 Å². The molecule has 6 nitrogen and oxygen atoms in total. The molecule has 1 saturated heterocycles. The molecule has 4 rings (SSSR count). The van der Waals surface area contributed by atoms with E-state index < -0.39 is 0 Å². The number of para-hydroxylation sites is 3. The second-order valence-electron chi connectivity index (χ2n) is 7.42. The summed E-state index contributed by atoms with van der Waals surface area (Å²) >= 11 is 0. The molecule has 31 heavy (non-hydrogen) atoms. The molecule has 0 spiro atoms. The van der Waals surface area contributed by atoms with Crippen molar-refractivity contribution < 1.29 is 14.3 Å². The third kappa shape index (κ3) is 5.55. The van der Waals surface area contributed by atoms with Gasteiger partial charge in [-0.3, -0.25) is 9.69 Å². The Morgan fingerprint density at radius 3 is 2.19 bits per heavy atom. The Morgan fingerprint density at radius 1 is 0.839 bits per heavy atom. The second-order valence-corrected chi connectivity index (χ2v) is 7.42. The lowest BCUT2D eigenvalue weighted by atomic mass is 10.2. The van der Waals surface area contributed by atoms with Gasteiger partial charge in [-0.05, 0) is 48.5 Å². The molecule has 1 amide bonds. The number of carbonyl (C=O) groups is 1. The molecular weight excluding hydrogens is 390 g/mol. The summed E-state index contributed by atoms with van der Waals surface area (Å²) in [5.74, 6) is 2.39. The average Bonchev–Trinajstić information content (AvgIpc) is 2.81. The van der Waals surface area contributed by atoms with Crippen LogP contribution in [0.25, 0.3) is 0 Å². The Labute approximate surface area is 183 Å². The van der Waals surface area contributed by atoms with Crippen molar-refractivity contribution in [3.8, 4) is 17.2 Å². The molecule has 1 N–H and O–H groups in total. The van der Waals surface area contributed by atoms with Crippen LogP contribution in [0, 0.1) is 0 Å². The topological polar surface area (TPSA) is 54.0 Å². The first kappa shape index (κ1) is 20.8. The second kappa shape index (κ2) is 10.00. The minimum absolute atomic E-state index is 0.0116. The van der Waals surface area contributed by atoms with Gasteiger partial charge in [-0.25, -0.2) is 0 Å². The zero-order chi connectivity index (χ0) is 21.5. The molecule has 0 atom stereocenters. The molecule has 0 radical (unpaired) electrons.